The molecule has 0 radical (unpaired) electrons. The summed E-state index contributed by atoms with van der Waals surface area (Å²) in [6.45, 7) is 4.70. The van der Waals surface area contributed by atoms with Gasteiger partial charge in [-0.05, 0) is 52.9 Å². The Balaban J connectivity index is 1.25. The number of allylic oxidation sites excluding steroid dienone is 7. The number of nitrogens with zero attached hydrogens (tertiary/aromatic N) is 1. The highest BCUT2D eigenvalue weighted by atomic mass is 35.5. The number of carbonyl (C=O) groups is 2. The van der Waals surface area contributed by atoms with Gasteiger partial charge in [-0.25, -0.2) is 0 Å². The quantitative estimate of drug-likeness (QED) is 0.393. The van der Waals surface area contributed by atoms with Gasteiger partial charge in [-0.3, -0.25) is 9.59 Å². The van der Waals surface area contributed by atoms with Gasteiger partial charge in [0.05, 0.1) is 24.8 Å². The molecule has 1 aliphatic heterocycles. The van der Waals surface area contributed by atoms with E-state index in [1.807, 2.05) is 77.7 Å². The van der Waals surface area contributed by atoms with Crippen molar-refractivity contribution in [2.45, 2.75) is 13.5 Å². The van der Waals surface area contributed by atoms with Gasteiger partial charge in [0, 0.05) is 30.1 Å². The zero-order valence-corrected chi connectivity index (χ0v) is 21.9. The van der Waals surface area contributed by atoms with Gasteiger partial charge in [-0.15, -0.1) is 0 Å². The molecule has 2 aliphatic rings. The molecule has 38 heavy (non-hydrogen) atoms. The second kappa shape index (κ2) is 11.7. The van der Waals surface area contributed by atoms with Crippen molar-refractivity contribution in [1.29, 1.82) is 0 Å². The van der Waals surface area contributed by atoms with E-state index in [4.69, 9.17) is 20.8 Å². The molecule has 1 fully saturated rings. The number of amides is 2. The van der Waals surface area contributed by atoms with Crippen LogP contribution in [0.4, 0.5) is 0 Å². The Morgan fingerprint density at radius 1 is 1.05 bits per heavy atom. The van der Waals surface area contributed by atoms with E-state index < -0.39 is 0 Å². The van der Waals surface area contributed by atoms with Gasteiger partial charge in [0.2, 0.25) is 5.91 Å². The van der Waals surface area contributed by atoms with Crippen LogP contribution in [0.5, 0.6) is 0 Å². The van der Waals surface area contributed by atoms with E-state index in [2.05, 4.69) is 18.3 Å². The molecule has 194 valence electrons. The standard InChI is InChI=1S/C31H29ClN2O4/c1-21-5-3-2-4-6-22(21)11-12-29(35)33-20-27-18-26-17-25(19-28(32)30(26)38-27)23-7-9-24(10-8-23)31(36)34-13-15-37-16-14-34/h2-12,17-19,21H,13-16,20H2,1H3,(H,33,35)/b12-11+. The highest BCUT2D eigenvalue weighted by Gasteiger charge is 2.18. The molecule has 1 atom stereocenters. The molecule has 2 heterocycles. The van der Waals surface area contributed by atoms with Crippen LogP contribution in [-0.4, -0.2) is 43.0 Å². The summed E-state index contributed by atoms with van der Waals surface area (Å²) < 4.78 is 11.3. The molecule has 7 heteroatoms. The topological polar surface area (TPSA) is 71.8 Å². The maximum atomic E-state index is 12.7. The lowest BCUT2D eigenvalue weighted by atomic mass is 10.0. The van der Waals surface area contributed by atoms with E-state index >= 15 is 0 Å². The summed E-state index contributed by atoms with van der Waals surface area (Å²) in [5, 5.41) is 4.20. The predicted molar refractivity (Wildman–Crippen MR) is 150 cm³/mol. The number of rotatable bonds is 6. The van der Waals surface area contributed by atoms with Crippen molar-refractivity contribution in [3.63, 3.8) is 0 Å². The van der Waals surface area contributed by atoms with Gasteiger partial charge in [0.15, 0.2) is 5.58 Å². The number of ether oxygens (including phenoxy) is 1. The van der Waals surface area contributed by atoms with E-state index in [-0.39, 0.29) is 24.3 Å². The third kappa shape index (κ3) is 5.98. The van der Waals surface area contributed by atoms with Crippen molar-refractivity contribution < 1.29 is 18.7 Å². The lowest BCUT2D eigenvalue weighted by molar-refractivity contribution is -0.116. The second-order valence-electron chi connectivity index (χ2n) is 9.35. The number of benzene rings is 2. The zero-order valence-electron chi connectivity index (χ0n) is 21.2. The third-order valence-electron chi connectivity index (χ3n) is 6.69. The van der Waals surface area contributed by atoms with Crippen LogP contribution >= 0.6 is 11.6 Å². The molecule has 6 nitrogen and oxygen atoms in total. The van der Waals surface area contributed by atoms with Crippen molar-refractivity contribution in [2.75, 3.05) is 26.3 Å². The molecule has 2 amide bonds. The van der Waals surface area contributed by atoms with Crippen LogP contribution in [0.15, 0.2) is 95.0 Å². The summed E-state index contributed by atoms with van der Waals surface area (Å²) >= 11 is 6.55. The SMILES string of the molecule is CC1C=CC=CC=C1/C=C/C(=O)NCc1cc2cc(-c3ccc(C(=O)N4CCOCC4)cc3)cc(Cl)c2o1. The fourth-order valence-corrected chi connectivity index (χ4v) is 4.77. The summed E-state index contributed by atoms with van der Waals surface area (Å²) in [7, 11) is 0. The zero-order chi connectivity index (χ0) is 26.5. The minimum absolute atomic E-state index is 0.0128. The largest absolute Gasteiger partial charge is 0.458 e. The third-order valence-corrected chi connectivity index (χ3v) is 6.97. The number of hydrogen-bond acceptors (Lipinski definition) is 4. The highest BCUT2D eigenvalue weighted by Crippen LogP contribution is 2.33. The molecular weight excluding hydrogens is 500 g/mol. The monoisotopic (exact) mass is 528 g/mol. The van der Waals surface area contributed by atoms with Crippen molar-refractivity contribution in [1.82, 2.24) is 10.2 Å². The first-order valence-electron chi connectivity index (χ1n) is 12.7. The van der Waals surface area contributed by atoms with Crippen LogP contribution in [0.2, 0.25) is 5.02 Å². The molecule has 3 aromatic rings. The summed E-state index contributed by atoms with van der Waals surface area (Å²) in [5.41, 5.74) is 4.15. The summed E-state index contributed by atoms with van der Waals surface area (Å²) in [6, 6.07) is 13.3. The van der Waals surface area contributed by atoms with E-state index in [0.717, 1.165) is 22.1 Å². The number of furan rings is 1. The molecule has 0 spiro atoms. The molecule has 1 unspecified atom stereocenters. The molecular formula is C31H29ClN2O4. The van der Waals surface area contributed by atoms with Gasteiger partial charge >= 0.3 is 0 Å². The van der Waals surface area contributed by atoms with Crippen LogP contribution in [0, 0.1) is 5.92 Å². The van der Waals surface area contributed by atoms with Crippen molar-refractivity contribution >= 4 is 34.4 Å². The molecule has 2 aromatic carbocycles. The van der Waals surface area contributed by atoms with E-state index in [1.54, 1.807) is 0 Å². The van der Waals surface area contributed by atoms with Crippen LogP contribution < -0.4 is 5.32 Å². The number of halogens is 1. The number of fused-ring (bicyclic) bond motifs is 1. The average molecular weight is 529 g/mol. The highest BCUT2D eigenvalue weighted by molar-refractivity contribution is 6.35. The molecule has 5 rings (SSSR count). The lowest BCUT2D eigenvalue weighted by Gasteiger charge is -2.26. The Hall–Kier alpha value is -3.87. The molecule has 0 saturated carbocycles. The summed E-state index contributed by atoms with van der Waals surface area (Å²) in [6.07, 6.45) is 13.4. The van der Waals surface area contributed by atoms with Gasteiger partial charge in [-0.2, -0.15) is 0 Å². The maximum Gasteiger partial charge on any atom is 0.254 e. The van der Waals surface area contributed by atoms with E-state index in [9.17, 15) is 9.59 Å². The fourth-order valence-electron chi connectivity index (χ4n) is 4.51. The van der Waals surface area contributed by atoms with Gasteiger partial charge in [-0.1, -0.05) is 67.1 Å². The normalized spacial score (nSPS) is 17.6. The van der Waals surface area contributed by atoms with E-state index in [0.29, 0.717) is 48.2 Å². The van der Waals surface area contributed by atoms with Crippen LogP contribution in [-0.2, 0) is 16.1 Å². The first kappa shape index (κ1) is 25.8. The lowest BCUT2D eigenvalue weighted by Crippen LogP contribution is -2.40. The molecule has 1 N–H and O–H groups in total. The first-order chi connectivity index (χ1) is 18.5. The smallest absolute Gasteiger partial charge is 0.254 e. The Morgan fingerprint density at radius 3 is 2.63 bits per heavy atom. The van der Waals surface area contributed by atoms with Crippen LogP contribution in [0.1, 0.15) is 23.0 Å². The number of carbonyl (C=O) groups excluding carboxylic acids is 2. The second-order valence-corrected chi connectivity index (χ2v) is 9.75. The Labute approximate surface area is 226 Å². The van der Waals surface area contributed by atoms with Crippen molar-refractivity contribution in [3.8, 4) is 11.1 Å². The molecule has 0 bridgehead atoms. The average Bonchev–Trinajstić information content (AvgIpc) is 3.26. The summed E-state index contributed by atoms with van der Waals surface area (Å²) in [4.78, 5) is 26.9. The van der Waals surface area contributed by atoms with Crippen molar-refractivity contribution in [2.24, 2.45) is 5.92 Å². The maximum absolute atomic E-state index is 12.7. The number of hydrogen-bond donors (Lipinski definition) is 1. The first-order valence-corrected chi connectivity index (χ1v) is 13.1. The van der Waals surface area contributed by atoms with E-state index in [1.165, 1.54) is 6.08 Å². The number of nitrogens with one attached hydrogen (secondary N) is 1. The minimum atomic E-state index is -0.200. The van der Waals surface area contributed by atoms with Gasteiger partial charge in [0.25, 0.3) is 5.91 Å². The van der Waals surface area contributed by atoms with Crippen LogP contribution in [0.25, 0.3) is 22.1 Å². The molecule has 1 aromatic heterocycles. The predicted octanol–water partition coefficient (Wildman–Crippen LogP) is 6.09. The minimum Gasteiger partial charge on any atom is -0.458 e. The van der Waals surface area contributed by atoms with Crippen molar-refractivity contribution in [3.05, 3.63) is 107 Å². The Kier molecular flexibility index (Phi) is 7.91. The Morgan fingerprint density at radius 2 is 1.84 bits per heavy atom. The molecule has 1 aliphatic carbocycles. The number of morpholine rings is 1. The van der Waals surface area contributed by atoms with Gasteiger partial charge in [0.1, 0.15) is 5.76 Å². The molecule has 1 saturated heterocycles. The van der Waals surface area contributed by atoms with Crippen LogP contribution in [0.3, 0.4) is 0 Å². The Bertz CT molecular complexity index is 1460. The summed E-state index contributed by atoms with van der Waals surface area (Å²) in [5.74, 6) is 0.663. The van der Waals surface area contributed by atoms with Gasteiger partial charge < -0.3 is 19.4 Å². The fraction of sp³-hybridized carbons (Fsp3) is 0.226.